The molecule has 4 heteroatoms. The lowest BCUT2D eigenvalue weighted by atomic mass is 9.93. The topological polar surface area (TPSA) is 45.2 Å². The molecule has 1 amide bonds. The van der Waals surface area contributed by atoms with E-state index in [1.54, 1.807) is 25.4 Å². The molecule has 1 N–H and O–H groups in total. The highest BCUT2D eigenvalue weighted by Gasteiger charge is 2.26. The number of nitrogens with one attached hydrogen (secondary N) is 1. The molecule has 0 saturated heterocycles. The zero-order valence-corrected chi connectivity index (χ0v) is 12.3. The summed E-state index contributed by atoms with van der Waals surface area (Å²) < 4.78 is 0. The van der Waals surface area contributed by atoms with Gasteiger partial charge in [-0.2, -0.15) is 0 Å². The summed E-state index contributed by atoms with van der Waals surface area (Å²) in [6.45, 7) is 2.94. The van der Waals surface area contributed by atoms with Gasteiger partial charge in [-0.15, -0.1) is 0 Å². The summed E-state index contributed by atoms with van der Waals surface area (Å²) in [6.07, 6.45) is 2.69. The standard InChI is InChI=1S/C17H19N3O/c1-12-9-13-5-3-4-6-15(13)20(11-12)17(21)14-7-8-19-16(10-14)18-2/h3-8,10,12H,9,11H2,1-2H3,(H,18,19). The van der Waals surface area contributed by atoms with E-state index >= 15 is 0 Å². The van der Waals surface area contributed by atoms with Gasteiger partial charge in [0.05, 0.1) is 0 Å². The Balaban J connectivity index is 1.97. The van der Waals surface area contributed by atoms with Crippen LogP contribution in [0.3, 0.4) is 0 Å². The van der Waals surface area contributed by atoms with Crippen molar-refractivity contribution in [1.29, 1.82) is 0 Å². The van der Waals surface area contributed by atoms with Crippen molar-refractivity contribution in [3.63, 3.8) is 0 Å². The lowest BCUT2D eigenvalue weighted by Gasteiger charge is -2.33. The van der Waals surface area contributed by atoms with E-state index in [0.29, 0.717) is 17.3 Å². The van der Waals surface area contributed by atoms with E-state index in [0.717, 1.165) is 18.7 Å². The van der Waals surface area contributed by atoms with Crippen LogP contribution >= 0.6 is 0 Å². The number of anilines is 2. The van der Waals surface area contributed by atoms with Crippen molar-refractivity contribution in [2.45, 2.75) is 13.3 Å². The smallest absolute Gasteiger partial charge is 0.258 e. The van der Waals surface area contributed by atoms with Crippen molar-refractivity contribution in [2.75, 3.05) is 23.8 Å². The van der Waals surface area contributed by atoms with Crippen LogP contribution in [0.1, 0.15) is 22.8 Å². The van der Waals surface area contributed by atoms with E-state index in [-0.39, 0.29) is 5.91 Å². The van der Waals surface area contributed by atoms with Gasteiger partial charge in [-0.25, -0.2) is 4.98 Å². The van der Waals surface area contributed by atoms with Crippen LogP contribution in [0.5, 0.6) is 0 Å². The summed E-state index contributed by atoms with van der Waals surface area (Å²) >= 11 is 0. The number of pyridine rings is 1. The summed E-state index contributed by atoms with van der Waals surface area (Å²) in [5.74, 6) is 1.21. The molecule has 4 nitrogen and oxygen atoms in total. The van der Waals surface area contributed by atoms with Crippen LogP contribution in [0.4, 0.5) is 11.5 Å². The summed E-state index contributed by atoms with van der Waals surface area (Å²) in [5.41, 5.74) is 2.94. The highest BCUT2D eigenvalue weighted by atomic mass is 16.2. The first-order valence-corrected chi connectivity index (χ1v) is 7.22. The van der Waals surface area contributed by atoms with E-state index in [2.05, 4.69) is 23.3 Å². The number of carbonyl (C=O) groups excluding carboxylic acids is 1. The minimum absolute atomic E-state index is 0.0351. The van der Waals surface area contributed by atoms with E-state index in [9.17, 15) is 4.79 Å². The molecule has 2 heterocycles. The van der Waals surface area contributed by atoms with Gasteiger partial charge in [0.2, 0.25) is 0 Å². The van der Waals surface area contributed by atoms with Gasteiger partial charge in [0.15, 0.2) is 0 Å². The number of hydrogen-bond donors (Lipinski definition) is 1. The van der Waals surface area contributed by atoms with Crippen LogP contribution in [0.15, 0.2) is 42.6 Å². The van der Waals surface area contributed by atoms with Crippen molar-refractivity contribution >= 4 is 17.4 Å². The summed E-state index contributed by atoms with van der Waals surface area (Å²) in [5, 5.41) is 2.97. The SMILES string of the molecule is CNc1cc(C(=O)N2CC(C)Cc3ccccc32)ccn1. The number of fused-ring (bicyclic) bond motifs is 1. The number of para-hydroxylation sites is 1. The first-order valence-electron chi connectivity index (χ1n) is 7.22. The predicted octanol–water partition coefficient (Wildman–Crippen LogP) is 2.96. The number of amides is 1. The molecule has 0 saturated carbocycles. The predicted molar refractivity (Wildman–Crippen MR) is 84.8 cm³/mol. The fraction of sp³-hybridized carbons (Fsp3) is 0.294. The Kier molecular flexibility index (Phi) is 3.60. The molecule has 2 aromatic rings. The Morgan fingerprint density at radius 2 is 2.14 bits per heavy atom. The van der Waals surface area contributed by atoms with Gasteiger partial charge < -0.3 is 10.2 Å². The maximum Gasteiger partial charge on any atom is 0.258 e. The Labute approximate surface area is 124 Å². The molecule has 21 heavy (non-hydrogen) atoms. The second-order valence-corrected chi connectivity index (χ2v) is 5.53. The van der Waals surface area contributed by atoms with Crippen LogP contribution in [0, 0.1) is 5.92 Å². The lowest BCUT2D eigenvalue weighted by Crippen LogP contribution is -2.39. The molecule has 1 aliphatic rings. The van der Waals surface area contributed by atoms with E-state index in [1.165, 1.54) is 5.56 Å². The van der Waals surface area contributed by atoms with Crippen LogP contribution in [-0.2, 0) is 6.42 Å². The first kappa shape index (κ1) is 13.6. The summed E-state index contributed by atoms with van der Waals surface area (Å²) in [4.78, 5) is 18.9. The second kappa shape index (κ2) is 5.56. The average Bonchev–Trinajstić information content (AvgIpc) is 2.53. The number of benzene rings is 1. The van der Waals surface area contributed by atoms with Gasteiger partial charge in [-0.05, 0) is 36.1 Å². The zero-order chi connectivity index (χ0) is 14.8. The molecule has 0 bridgehead atoms. The molecule has 0 spiro atoms. The van der Waals surface area contributed by atoms with Gasteiger partial charge in [0.1, 0.15) is 5.82 Å². The number of rotatable bonds is 2. The third-order valence-corrected chi connectivity index (χ3v) is 3.85. The van der Waals surface area contributed by atoms with Crippen LogP contribution in [0.2, 0.25) is 0 Å². The fourth-order valence-electron chi connectivity index (χ4n) is 2.85. The monoisotopic (exact) mass is 281 g/mol. The molecule has 3 rings (SSSR count). The fourth-order valence-corrected chi connectivity index (χ4v) is 2.85. The highest BCUT2D eigenvalue weighted by Crippen LogP contribution is 2.30. The van der Waals surface area contributed by atoms with Crippen LogP contribution in [-0.4, -0.2) is 24.5 Å². The number of nitrogens with zero attached hydrogens (tertiary/aromatic N) is 2. The Hall–Kier alpha value is -2.36. The third-order valence-electron chi connectivity index (χ3n) is 3.85. The van der Waals surface area contributed by atoms with Crippen molar-refractivity contribution in [3.05, 3.63) is 53.7 Å². The van der Waals surface area contributed by atoms with E-state index < -0.39 is 0 Å². The molecule has 1 aromatic carbocycles. The number of hydrogen-bond acceptors (Lipinski definition) is 3. The third kappa shape index (κ3) is 2.61. The summed E-state index contributed by atoms with van der Waals surface area (Å²) in [7, 11) is 1.80. The maximum absolute atomic E-state index is 12.8. The van der Waals surface area contributed by atoms with Gasteiger partial charge in [0.25, 0.3) is 5.91 Å². The molecule has 0 aliphatic carbocycles. The summed E-state index contributed by atoms with van der Waals surface area (Å²) in [6, 6.07) is 11.7. The minimum atomic E-state index is 0.0351. The molecular formula is C17H19N3O. The molecule has 1 unspecified atom stereocenters. The molecule has 1 aliphatic heterocycles. The van der Waals surface area contributed by atoms with Crippen molar-refractivity contribution in [1.82, 2.24) is 4.98 Å². The van der Waals surface area contributed by atoms with Crippen molar-refractivity contribution in [3.8, 4) is 0 Å². The minimum Gasteiger partial charge on any atom is -0.373 e. The van der Waals surface area contributed by atoms with Crippen LogP contribution in [0.25, 0.3) is 0 Å². The molecule has 0 radical (unpaired) electrons. The van der Waals surface area contributed by atoms with Gasteiger partial charge in [-0.1, -0.05) is 25.1 Å². The highest BCUT2D eigenvalue weighted by molar-refractivity contribution is 6.07. The van der Waals surface area contributed by atoms with Crippen LogP contribution < -0.4 is 10.2 Å². The molecular weight excluding hydrogens is 262 g/mol. The molecule has 1 aromatic heterocycles. The number of carbonyl (C=O) groups is 1. The maximum atomic E-state index is 12.8. The molecule has 108 valence electrons. The van der Waals surface area contributed by atoms with Gasteiger partial charge in [-0.3, -0.25) is 4.79 Å². The zero-order valence-electron chi connectivity index (χ0n) is 12.3. The average molecular weight is 281 g/mol. The molecule has 0 fully saturated rings. The molecule has 1 atom stereocenters. The lowest BCUT2D eigenvalue weighted by molar-refractivity contribution is 0.0981. The van der Waals surface area contributed by atoms with Gasteiger partial charge >= 0.3 is 0 Å². The van der Waals surface area contributed by atoms with E-state index in [1.807, 2.05) is 23.1 Å². The normalized spacial score (nSPS) is 17.2. The number of aromatic nitrogens is 1. The quantitative estimate of drug-likeness (QED) is 0.920. The van der Waals surface area contributed by atoms with Gasteiger partial charge in [0, 0.05) is 31.0 Å². The first-order chi connectivity index (χ1) is 10.2. The largest absolute Gasteiger partial charge is 0.373 e. The van der Waals surface area contributed by atoms with Crippen molar-refractivity contribution in [2.24, 2.45) is 5.92 Å². The van der Waals surface area contributed by atoms with Crippen molar-refractivity contribution < 1.29 is 4.79 Å². The Bertz CT molecular complexity index is 669. The van der Waals surface area contributed by atoms with E-state index in [4.69, 9.17) is 0 Å². The second-order valence-electron chi connectivity index (χ2n) is 5.53. The Morgan fingerprint density at radius 3 is 2.95 bits per heavy atom. The Morgan fingerprint density at radius 1 is 1.33 bits per heavy atom.